The van der Waals surface area contributed by atoms with Crippen LogP contribution < -0.4 is 5.32 Å². The smallest absolute Gasteiger partial charge is 0.0410 e. The van der Waals surface area contributed by atoms with Gasteiger partial charge in [0.2, 0.25) is 0 Å². The minimum absolute atomic E-state index is 0.630. The van der Waals surface area contributed by atoms with Crippen molar-refractivity contribution in [1.29, 1.82) is 0 Å². The Kier molecular flexibility index (Phi) is 4.97. The predicted octanol–water partition coefficient (Wildman–Crippen LogP) is 3.44. The third kappa shape index (κ3) is 3.85. The third-order valence-corrected chi connectivity index (χ3v) is 5.57. The van der Waals surface area contributed by atoms with Crippen LogP contribution in [0.4, 0.5) is 0 Å². The van der Waals surface area contributed by atoms with E-state index in [4.69, 9.17) is 0 Å². The molecule has 2 aliphatic rings. The second kappa shape index (κ2) is 6.76. The first-order valence-electron chi connectivity index (χ1n) is 8.24. The van der Waals surface area contributed by atoms with E-state index in [0.29, 0.717) is 12.1 Å². The number of hydrogen-bond donors (Lipinski definition) is 1. The Labute approximate surface area is 136 Å². The lowest BCUT2D eigenvalue weighted by molar-refractivity contribution is 0.0890. The normalized spacial score (nSPS) is 28.5. The van der Waals surface area contributed by atoms with E-state index in [9.17, 15) is 0 Å². The van der Waals surface area contributed by atoms with E-state index in [1.165, 1.54) is 31.4 Å². The number of pyridine rings is 1. The molecule has 3 rings (SSSR count). The quantitative estimate of drug-likeness (QED) is 0.880. The van der Waals surface area contributed by atoms with E-state index in [0.717, 1.165) is 29.4 Å². The molecule has 1 N–H and O–H groups in total. The van der Waals surface area contributed by atoms with Crippen LogP contribution in [0.25, 0.3) is 0 Å². The Morgan fingerprint density at radius 3 is 2.90 bits per heavy atom. The zero-order chi connectivity index (χ0) is 14.8. The van der Waals surface area contributed by atoms with Crippen LogP contribution in [-0.2, 0) is 6.54 Å². The molecule has 1 aliphatic heterocycles. The molecule has 3 nitrogen and oxygen atoms in total. The minimum atomic E-state index is 0.630. The molecular formula is C17H26BrN3. The zero-order valence-corrected chi connectivity index (χ0v) is 14.6. The topological polar surface area (TPSA) is 28.2 Å². The highest BCUT2D eigenvalue weighted by atomic mass is 79.9. The van der Waals surface area contributed by atoms with Crippen molar-refractivity contribution in [2.75, 3.05) is 13.1 Å². The number of nitrogens with one attached hydrogen (secondary N) is 1. The van der Waals surface area contributed by atoms with Gasteiger partial charge in [-0.2, -0.15) is 0 Å². The number of nitrogens with zero attached hydrogens (tertiary/aromatic N) is 2. The third-order valence-electron chi connectivity index (χ3n) is 5.13. The number of aromatic nitrogens is 1. The molecule has 0 aromatic carbocycles. The maximum atomic E-state index is 4.32. The molecule has 0 amide bonds. The number of piperazine rings is 1. The molecule has 2 fully saturated rings. The first-order valence-corrected chi connectivity index (χ1v) is 9.03. The van der Waals surface area contributed by atoms with E-state index in [1.807, 2.05) is 12.4 Å². The van der Waals surface area contributed by atoms with Gasteiger partial charge in [0.15, 0.2) is 0 Å². The van der Waals surface area contributed by atoms with Gasteiger partial charge in [0.25, 0.3) is 0 Å². The number of hydrogen-bond acceptors (Lipinski definition) is 3. The van der Waals surface area contributed by atoms with Crippen molar-refractivity contribution >= 4 is 15.9 Å². The molecule has 1 aliphatic carbocycles. The first kappa shape index (κ1) is 15.4. The van der Waals surface area contributed by atoms with Gasteiger partial charge in [-0.15, -0.1) is 0 Å². The van der Waals surface area contributed by atoms with Crippen LogP contribution >= 0.6 is 15.9 Å². The van der Waals surface area contributed by atoms with Gasteiger partial charge >= 0.3 is 0 Å². The minimum Gasteiger partial charge on any atom is -0.311 e. The van der Waals surface area contributed by atoms with E-state index in [-0.39, 0.29) is 0 Å². The lowest BCUT2D eigenvalue weighted by Crippen LogP contribution is -2.58. The summed E-state index contributed by atoms with van der Waals surface area (Å²) in [5.74, 6) is 1.66. The molecule has 3 atom stereocenters. The Morgan fingerprint density at radius 2 is 2.24 bits per heavy atom. The van der Waals surface area contributed by atoms with Gasteiger partial charge in [0, 0.05) is 48.6 Å². The number of halogens is 1. The molecule has 2 heterocycles. The van der Waals surface area contributed by atoms with Crippen LogP contribution in [0.1, 0.15) is 38.7 Å². The van der Waals surface area contributed by atoms with Crippen molar-refractivity contribution in [3.05, 3.63) is 28.5 Å². The maximum Gasteiger partial charge on any atom is 0.0410 e. The summed E-state index contributed by atoms with van der Waals surface area (Å²) in [4.78, 5) is 7.02. The molecule has 1 aromatic heterocycles. The van der Waals surface area contributed by atoms with Crippen LogP contribution in [-0.4, -0.2) is 35.1 Å². The van der Waals surface area contributed by atoms with Gasteiger partial charge in [-0.3, -0.25) is 9.88 Å². The van der Waals surface area contributed by atoms with Crippen LogP contribution in [0.3, 0.4) is 0 Å². The summed E-state index contributed by atoms with van der Waals surface area (Å²) < 4.78 is 1.08. The lowest BCUT2D eigenvalue weighted by Gasteiger charge is -2.42. The van der Waals surface area contributed by atoms with Crippen molar-refractivity contribution in [2.45, 2.75) is 51.7 Å². The molecule has 4 heteroatoms. The van der Waals surface area contributed by atoms with Crippen molar-refractivity contribution in [2.24, 2.45) is 11.8 Å². The Morgan fingerprint density at radius 1 is 1.43 bits per heavy atom. The standard InChI is InChI=1S/C17H26BrN3/c1-3-12(2)16-11-21(17(9-20-16)14-4-5-14)10-13-6-15(18)8-19-7-13/h6-8,12,14,16-17,20H,3-5,9-11H2,1-2H3. The van der Waals surface area contributed by atoms with E-state index in [1.54, 1.807) is 0 Å². The highest BCUT2D eigenvalue weighted by molar-refractivity contribution is 9.10. The summed E-state index contributed by atoms with van der Waals surface area (Å²) in [7, 11) is 0. The van der Waals surface area contributed by atoms with Crippen LogP contribution in [0.2, 0.25) is 0 Å². The Balaban J connectivity index is 1.71. The molecule has 0 bridgehead atoms. The molecule has 1 saturated heterocycles. The van der Waals surface area contributed by atoms with Crippen LogP contribution in [0.15, 0.2) is 22.9 Å². The van der Waals surface area contributed by atoms with Gasteiger partial charge < -0.3 is 5.32 Å². The largest absolute Gasteiger partial charge is 0.311 e. The van der Waals surface area contributed by atoms with Gasteiger partial charge in [-0.05, 0) is 52.2 Å². The fourth-order valence-corrected chi connectivity index (χ4v) is 3.84. The van der Waals surface area contributed by atoms with Crippen molar-refractivity contribution in [3.8, 4) is 0 Å². The Hall–Kier alpha value is -0.450. The summed E-state index contributed by atoms with van der Waals surface area (Å²) in [5, 5.41) is 3.80. The molecule has 1 saturated carbocycles. The summed E-state index contributed by atoms with van der Waals surface area (Å²) >= 11 is 3.54. The highest BCUT2D eigenvalue weighted by Crippen LogP contribution is 2.37. The monoisotopic (exact) mass is 351 g/mol. The molecule has 3 unspecified atom stereocenters. The molecule has 0 spiro atoms. The van der Waals surface area contributed by atoms with Gasteiger partial charge in [0.05, 0.1) is 0 Å². The fourth-order valence-electron chi connectivity index (χ4n) is 3.42. The summed E-state index contributed by atoms with van der Waals surface area (Å²) in [6.45, 7) is 8.02. The zero-order valence-electron chi connectivity index (χ0n) is 13.1. The summed E-state index contributed by atoms with van der Waals surface area (Å²) in [6, 6.07) is 3.55. The molecule has 1 aromatic rings. The summed E-state index contributed by atoms with van der Waals surface area (Å²) in [6.07, 6.45) is 7.94. The average molecular weight is 352 g/mol. The maximum absolute atomic E-state index is 4.32. The molecular weight excluding hydrogens is 326 g/mol. The molecule has 116 valence electrons. The van der Waals surface area contributed by atoms with E-state index in [2.05, 4.69) is 51.0 Å². The van der Waals surface area contributed by atoms with Gasteiger partial charge in [-0.25, -0.2) is 0 Å². The Bertz CT molecular complexity index is 475. The highest BCUT2D eigenvalue weighted by Gasteiger charge is 2.39. The first-order chi connectivity index (χ1) is 10.2. The second-order valence-electron chi connectivity index (χ2n) is 6.75. The predicted molar refractivity (Wildman–Crippen MR) is 90.1 cm³/mol. The second-order valence-corrected chi connectivity index (χ2v) is 7.66. The van der Waals surface area contributed by atoms with Crippen molar-refractivity contribution in [3.63, 3.8) is 0 Å². The lowest BCUT2D eigenvalue weighted by atomic mass is 9.94. The van der Waals surface area contributed by atoms with Gasteiger partial charge in [-0.1, -0.05) is 20.3 Å². The van der Waals surface area contributed by atoms with Crippen LogP contribution in [0.5, 0.6) is 0 Å². The molecule has 0 radical (unpaired) electrons. The van der Waals surface area contributed by atoms with E-state index >= 15 is 0 Å². The average Bonchev–Trinajstić information content (AvgIpc) is 3.31. The SMILES string of the molecule is CCC(C)C1CN(Cc2cncc(Br)c2)C(C2CC2)CN1. The van der Waals surface area contributed by atoms with Crippen LogP contribution in [0, 0.1) is 11.8 Å². The van der Waals surface area contributed by atoms with Gasteiger partial charge in [0.1, 0.15) is 0 Å². The van der Waals surface area contributed by atoms with Crippen molar-refractivity contribution in [1.82, 2.24) is 15.2 Å². The summed E-state index contributed by atoms with van der Waals surface area (Å²) in [5.41, 5.74) is 1.32. The number of rotatable bonds is 5. The van der Waals surface area contributed by atoms with E-state index < -0.39 is 0 Å². The molecule has 21 heavy (non-hydrogen) atoms. The van der Waals surface area contributed by atoms with Crippen molar-refractivity contribution < 1.29 is 0 Å². The fraction of sp³-hybridized carbons (Fsp3) is 0.706.